The Labute approximate surface area is 127 Å². The average Bonchev–Trinajstić information content (AvgIpc) is 2.98. The number of amides is 1. The van der Waals surface area contributed by atoms with Crippen molar-refractivity contribution in [1.29, 1.82) is 0 Å². The van der Waals surface area contributed by atoms with E-state index in [1.54, 1.807) is 32.0 Å². The Kier molecular flexibility index (Phi) is 5.30. The number of nitrogens with one attached hydrogen (secondary N) is 1. The molecule has 0 aliphatic carbocycles. The van der Waals surface area contributed by atoms with Crippen LogP contribution in [0.25, 0.3) is 0 Å². The van der Waals surface area contributed by atoms with Crippen LogP contribution in [0.15, 0.2) is 52.1 Å². The normalized spacial score (nSPS) is 11.5. The van der Waals surface area contributed by atoms with Gasteiger partial charge in [-0.15, -0.1) is 0 Å². The summed E-state index contributed by atoms with van der Waals surface area (Å²) in [6.07, 6.45) is 1.35. The maximum absolute atomic E-state index is 13.6. The van der Waals surface area contributed by atoms with Gasteiger partial charge in [-0.25, -0.2) is 9.38 Å². The fourth-order valence-electron chi connectivity index (χ4n) is 1.69. The predicted molar refractivity (Wildman–Crippen MR) is 79.9 cm³/mol. The van der Waals surface area contributed by atoms with E-state index in [4.69, 9.17) is 9.15 Å². The van der Waals surface area contributed by atoms with Gasteiger partial charge in [-0.1, -0.05) is 12.1 Å². The molecule has 1 amide bonds. The molecular weight excluding hydrogens is 287 g/mol. The Balaban J connectivity index is 2.10. The largest absolute Gasteiger partial charge is 0.467 e. The van der Waals surface area contributed by atoms with Crippen LogP contribution < -0.4 is 5.32 Å². The van der Waals surface area contributed by atoms with Gasteiger partial charge in [-0.2, -0.15) is 0 Å². The molecule has 0 saturated heterocycles. The monoisotopic (exact) mass is 304 g/mol. The summed E-state index contributed by atoms with van der Waals surface area (Å²) < 4.78 is 24.2. The molecule has 0 bridgehead atoms. The molecule has 6 heteroatoms. The van der Waals surface area contributed by atoms with E-state index in [0.29, 0.717) is 5.76 Å². The van der Waals surface area contributed by atoms with E-state index in [-0.39, 0.29) is 24.2 Å². The molecule has 0 unspecified atom stereocenters. The summed E-state index contributed by atoms with van der Waals surface area (Å²) in [5, 5.41) is 2.48. The molecule has 5 nitrogen and oxygen atoms in total. The predicted octanol–water partition coefficient (Wildman–Crippen LogP) is 3.13. The first-order valence-electron chi connectivity index (χ1n) is 6.85. The Bertz CT molecular complexity index is 651. The fourth-order valence-corrected chi connectivity index (χ4v) is 1.69. The molecule has 1 heterocycles. The van der Waals surface area contributed by atoms with Gasteiger partial charge in [-0.3, -0.25) is 10.1 Å². The molecule has 116 valence electrons. The van der Waals surface area contributed by atoms with Crippen molar-refractivity contribution in [2.45, 2.75) is 26.5 Å². The van der Waals surface area contributed by atoms with Crippen molar-refractivity contribution in [3.8, 4) is 0 Å². The van der Waals surface area contributed by atoms with E-state index < -0.39 is 11.7 Å². The smallest absolute Gasteiger partial charge is 0.292 e. The van der Waals surface area contributed by atoms with Gasteiger partial charge in [-0.05, 0) is 38.1 Å². The van der Waals surface area contributed by atoms with Gasteiger partial charge in [0.05, 0.1) is 17.9 Å². The van der Waals surface area contributed by atoms with Crippen LogP contribution in [-0.4, -0.2) is 18.0 Å². The summed E-state index contributed by atoms with van der Waals surface area (Å²) in [4.78, 5) is 16.2. The number of ether oxygens (including phenoxy) is 1. The van der Waals surface area contributed by atoms with Crippen molar-refractivity contribution in [1.82, 2.24) is 5.32 Å². The van der Waals surface area contributed by atoms with Gasteiger partial charge in [0.1, 0.15) is 18.1 Å². The molecular formula is C16H17FN2O3. The topological polar surface area (TPSA) is 63.8 Å². The molecule has 1 aromatic carbocycles. The van der Waals surface area contributed by atoms with E-state index in [2.05, 4.69) is 10.3 Å². The molecule has 0 fully saturated rings. The first-order chi connectivity index (χ1) is 10.6. The zero-order valence-electron chi connectivity index (χ0n) is 12.4. The molecule has 0 saturated carbocycles. The minimum Gasteiger partial charge on any atom is -0.467 e. The zero-order chi connectivity index (χ0) is 15.9. The highest BCUT2D eigenvalue weighted by Crippen LogP contribution is 2.07. The molecule has 1 aromatic heterocycles. The SMILES string of the molecule is CC(C)OC(=NCc1ccco1)NC(=O)c1ccccc1F. The second-order valence-electron chi connectivity index (χ2n) is 4.80. The number of benzene rings is 1. The minimum absolute atomic E-state index is 0.0275. The number of hydrogen-bond donors (Lipinski definition) is 1. The van der Waals surface area contributed by atoms with Crippen molar-refractivity contribution >= 4 is 11.9 Å². The number of carbonyl (C=O) groups is 1. The van der Waals surface area contributed by atoms with E-state index in [1.165, 1.54) is 24.5 Å². The number of aliphatic imine (C=N–C) groups is 1. The third kappa shape index (κ3) is 4.44. The maximum atomic E-state index is 13.6. The molecule has 0 atom stereocenters. The molecule has 0 radical (unpaired) electrons. The van der Waals surface area contributed by atoms with Crippen LogP contribution in [0.5, 0.6) is 0 Å². The van der Waals surface area contributed by atoms with Gasteiger partial charge in [0.15, 0.2) is 0 Å². The standard InChI is InChI=1S/C16H17FN2O3/c1-11(2)22-16(18-10-12-6-5-9-21-12)19-15(20)13-7-3-4-8-14(13)17/h3-9,11H,10H2,1-2H3,(H,18,19,20). The van der Waals surface area contributed by atoms with Crippen LogP contribution in [0.3, 0.4) is 0 Å². The van der Waals surface area contributed by atoms with Crippen LogP contribution in [0, 0.1) is 5.82 Å². The van der Waals surface area contributed by atoms with Crippen molar-refractivity contribution in [2.75, 3.05) is 0 Å². The van der Waals surface area contributed by atoms with Crippen molar-refractivity contribution in [3.05, 3.63) is 59.8 Å². The fraction of sp³-hybridized carbons (Fsp3) is 0.250. The number of nitrogens with zero attached hydrogens (tertiary/aromatic N) is 1. The Morgan fingerprint density at radius 2 is 2.09 bits per heavy atom. The lowest BCUT2D eigenvalue weighted by molar-refractivity contribution is 0.0955. The second-order valence-corrected chi connectivity index (χ2v) is 4.80. The first-order valence-corrected chi connectivity index (χ1v) is 6.85. The number of hydrogen-bond acceptors (Lipinski definition) is 4. The van der Waals surface area contributed by atoms with E-state index in [1.807, 2.05) is 0 Å². The lowest BCUT2D eigenvalue weighted by Gasteiger charge is -2.13. The van der Waals surface area contributed by atoms with E-state index >= 15 is 0 Å². The van der Waals surface area contributed by atoms with Crippen LogP contribution in [0.1, 0.15) is 30.0 Å². The molecule has 0 aliphatic rings. The molecule has 2 rings (SSSR count). The van der Waals surface area contributed by atoms with E-state index in [9.17, 15) is 9.18 Å². The Morgan fingerprint density at radius 3 is 2.73 bits per heavy atom. The quantitative estimate of drug-likeness (QED) is 0.697. The third-order valence-corrected chi connectivity index (χ3v) is 2.64. The summed E-state index contributed by atoms with van der Waals surface area (Å²) in [5.74, 6) is -0.586. The van der Waals surface area contributed by atoms with Crippen molar-refractivity contribution in [3.63, 3.8) is 0 Å². The van der Waals surface area contributed by atoms with Gasteiger partial charge in [0.2, 0.25) is 0 Å². The van der Waals surface area contributed by atoms with Crippen LogP contribution in [0.4, 0.5) is 4.39 Å². The zero-order valence-corrected chi connectivity index (χ0v) is 12.4. The van der Waals surface area contributed by atoms with Gasteiger partial charge in [0, 0.05) is 0 Å². The lowest BCUT2D eigenvalue weighted by Crippen LogP contribution is -2.34. The van der Waals surface area contributed by atoms with Gasteiger partial charge in [0.25, 0.3) is 11.9 Å². The number of amidine groups is 1. The number of rotatable bonds is 4. The summed E-state index contributed by atoms with van der Waals surface area (Å²) in [5.41, 5.74) is -0.0689. The highest BCUT2D eigenvalue weighted by Gasteiger charge is 2.14. The summed E-state index contributed by atoms with van der Waals surface area (Å²) in [6, 6.07) is 9.24. The summed E-state index contributed by atoms with van der Waals surface area (Å²) in [7, 11) is 0. The van der Waals surface area contributed by atoms with Crippen LogP contribution in [-0.2, 0) is 11.3 Å². The van der Waals surface area contributed by atoms with Gasteiger partial charge < -0.3 is 9.15 Å². The third-order valence-electron chi connectivity index (χ3n) is 2.64. The number of halogens is 1. The van der Waals surface area contributed by atoms with Crippen LogP contribution >= 0.6 is 0 Å². The Hall–Kier alpha value is -2.63. The molecule has 1 N–H and O–H groups in total. The molecule has 2 aromatic rings. The van der Waals surface area contributed by atoms with Crippen LogP contribution in [0.2, 0.25) is 0 Å². The molecule has 0 spiro atoms. The maximum Gasteiger partial charge on any atom is 0.292 e. The highest BCUT2D eigenvalue weighted by molar-refractivity contribution is 6.04. The number of furan rings is 1. The second kappa shape index (κ2) is 7.40. The lowest BCUT2D eigenvalue weighted by atomic mass is 10.2. The molecule has 0 aliphatic heterocycles. The van der Waals surface area contributed by atoms with Crippen molar-refractivity contribution < 1.29 is 18.3 Å². The number of carbonyl (C=O) groups excluding carboxylic acids is 1. The first kappa shape index (κ1) is 15.8. The summed E-state index contributed by atoms with van der Waals surface area (Å²) in [6.45, 7) is 3.82. The average molecular weight is 304 g/mol. The van der Waals surface area contributed by atoms with E-state index in [0.717, 1.165) is 0 Å². The highest BCUT2D eigenvalue weighted by atomic mass is 19.1. The van der Waals surface area contributed by atoms with Gasteiger partial charge >= 0.3 is 0 Å². The van der Waals surface area contributed by atoms with Crippen molar-refractivity contribution in [2.24, 2.45) is 4.99 Å². The molecule has 22 heavy (non-hydrogen) atoms. The minimum atomic E-state index is -0.614. The summed E-state index contributed by atoms with van der Waals surface area (Å²) >= 11 is 0. The Morgan fingerprint density at radius 1 is 1.32 bits per heavy atom.